The van der Waals surface area contributed by atoms with Crippen molar-refractivity contribution in [1.29, 1.82) is 0 Å². The van der Waals surface area contributed by atoms with E-state index < -0.39 is 50.2 Å². The van der Waals surface area contributed by atoms with Crippen molar-refractivity contribution in [3.05, 3.63) is 132 Å². The second kappa shape index (κ2) is 19.9. The minimum atomic E-state index is -4.58. The van der Waals surface area contributed by atoms with Crippen molar-refractivity contribution in [2.24, 2.45) is 0 Å². The molecule has 0 bridgehead atoms. The summed E-state index contributed by atoms with van der Waals surface area (Å²) >= 11 is 0. The molecule has 306 valence electrons. The van der Waals surface area contributed by atoms with Crippen LogP contribution in [0.2, 0.25) is 0 Å². The number of aromatic amines is 1. The monoisotopic (exact) mass is 819 g/mol. The smallest absolute Gasteiger partial charge is 0.339 e. The molecule has 0 fully saturated rings. The third-order valence-electron chi connectivity index (χ3n) is 9.71. The van der Waals surface area contributed by atoms with E-state index >= 15 is 0 Å². The van der Waals surface area contributed by atoms with Gasteiger partial charge >= 0.3 is 13.6 Å². The summed E-state index contributed by atoms with van der Waals surface area (Å²) < 4.78 is 13.8. The molecule has 0 aliphatic heterocycles. The number of carbonyl (C=O) groups excluding carboxylic acids is 2. The minimum Gasteiger partial charge on any atom is -0.481 e. The Bertz CT molecular complexity index is 2370. The van der Waals surface area contributed by atoms with Crippen LogP contribution >= 0.6 is 7.60 Å². The lowest BCUT2D eigenvalue weighted by Crippen LogP contribution is -2.54. The molecule has 6 rings (SSSR count). The predicted octanol–water partition coefficient (Wildman–Crippen LogP) is 4.70. The molecule has 0 radical (unpaired) electrons. The van der Waals surface area contributed by atoms with Gasteiger partial charge in [-0.15, -0.1) is 10.2 Å². The Balaban J connectivity index is 1.15. The lowest BCUT2D eigenvalue weighted by molar-refractivity contribution is -0.140. The molecule has 2 aromatic heterocycles. The molecule has 0 unspecified atom stereocenters. The van der Waals surface area contributed by atoms with Crippen molar-refractivity contribution in [1.82, 2.24) is 46.1 Å². The summed E-state index contributed by atoms with van der Waals surface area (Å²) in [5, 5.41) is 32.1. The number of benzene rings is 4. The second-order valence-electron chi connectivity index (χ2n) is 14.1. The number of amides is 2. The lowest BCUT2D eigenvalue weighted by atomic mass is 9.98. The SMILES string of the molecule is CCCCc1ncc(CNC(=O)[C@H](CC(=O)O)NC(=O)[C@H](Cc2ccc(-c3ccccc3)cc2)NCP(=O)(O)O)n1Cc1ccc(-c2ccccc2-c2nn[nH]n2)cc1. The number of carboxylic acids is 1. The van der Waals surface area contributed by atoms with Crippen molar-refractivity contribution in [2.75, 3.05) is 6.29 Å². The molecule has 2 atom stereocenters. The van der Waals surface area contributed by atoms with E-state index in [0.717, 1.165) is 52.0 Å². The van der Waals surface area contributed by atoms with Gasteiger partial charge in [-0.1, -0.05) is 116 Å². The number of rotatable bonds is 20. The Morgan fingerprint density at radius 1 is 0.814 bits per heavy atom. The molecular formula is C42H46N9O7P. The van der Waals surface area contributed by atoms with E-state index in [-0.39, 0.29) is 13.0 Å². The number of unbranched alkanes of at least 4 members (excludes halogenated alkanes) is 1. The summed E-state index contributed by atoms with van der Waals surface area (Å²) in [7, 11) is -4.58. The van der Waals surface area contributed by atoms with E-state index in [1.165, 1.54) is 0 Å². The molecule has 7 N–H and O–H groups in total. The van der Waals surface area contributed by atoms with Gasteiger partial charge < -0.3 is 30.1 Å². The molecular weight excluding hydrogens is 773 g/mol. The van der Waals surface area contributed by atoms with E-state index in [1.807, 2.05) is 95.6 Å². The first kappa shape index (κ1) is 42.3. The van der Waals surface area contributed by atoms with Crippen molar-refractivity contribution in [2.45, 2.75) is 64.2 Å². The molecule has 4 aromatic carbocycles. The van der Waals surface area contributed by atoms with Gasteiger partial charge in [0.25, 0.3) is 0 Å². The summed E-state index contributed by atoms with van der Waals surface area (Å²) in [6.45, 7) is 2.53. The third kappa shape index (κ3) is 11.9. The number of H-pyrrole nitrogens is 1. The van der Waals surface area contributed by atoms with Gasteiger partial charge in [0.1, 0.15) is 11.9 Å². The molecule has 16 nitrogen and oxygen atoms in total. The fraction of sp³-hybridized carbons (Fsp3) is 0.262. The Morgan fingerprint density at radius 3 is 2.14 bits per heavy atom. The average molecular weight is 820 g/mol. The van der Waals surface area contributed by atoms with Crippen LogP contribution in [0.25, 0.3) is 33.6 Å². The van der Waals surface area contributed by atoms with Gasteiger partial charge in [-0.2, -0.15) is 5.21 Å². The number of aryl methyl sites for hydroxylation is 1. The van der Waals surface area contributed by atoms with Crippen LogP contribution in [0.15, 0.2) is 109 Å². The first-order chi connectivity index (χ1) is 28.5. The van der Waals surface area contributed by atoms with Gasteiger partial charge in [-0.05, 0) is 51.4 Å². The number of hydrogen-bond donors (Lipinski definition) is 7. The number of nitrogens with zero attached hydrogens (tertiary/aromatic N) is 5. The van der Waals surface area contributed by atoms with E-state index in [1.54, 1.807) is 18.3 Å². The van der Waals surface area contributed by atoms with Gasteiger partial charge in [0.05, 0.1) is 37.2 Å². The molecule has 2 amide bonds. The van der Waals surface area contributed by atoms with Crippen LogP contribution < -0.4 is 16.0 Å². The van der Waals surface area contributed by atoms with Crippen molar-refractivity contribution in [3.63, 3.8) is 0 Å². The third-order valence-corrected chi connectivity index (χ3v) is 10.3. The number of aliphatic carboxylic acids is 1. The molecule has 0 aliphatic rings. The maximum Gasteiger partial charge on any atom is 0.339 e. The summed E-state index contributed by atoms with van der Waals surface area (Å²) in [6, 6.07) is 30.2. The van der Waals surface area contributed by atoms with Crippen molar-refractivity contribution in [3.8, 4) is 33.6 Å². The van der Waals surface area contributed by atoms with Gasteiger partial charge in [0.15, 0.2) is 0 Å². The largest absolute Gasteiger partial charge is 0.481 e. The van der Waals surface area contributed by atoms with Crippen LogP contribution in [0, 0.1) is 0 Å². The molecule has 0 spiro atoms. The summed E-state index contributed by atoms with van der Waals surface area (Å²) in [4.78, 5) is 63.0. The first-order valence-electron chi connectivity index (χ1n) is 19.1. The molecule has 0 aliphatic carbocycles. The summed E-state index contributed by atoms with van der Waals surface area (Å²) in [5.41, 5.74) is 7.01. The Hall–Kier alpha value is -6.32. The zero-order chi connectivity index (χ0) is 41.8. The van der Waals surface area contributed by atoms with E-state index in [0.29, 0.717) is 30.0 Å². The van der Waals surface area contributed by atoms with Gasteiger partial charge in [-0.3, -0.25) is 24.3 Å². The maximum absolute atomic E-state index is 13.7. The normalized spacial score (nSPS) is 12.5. The highest BCUT2D eigenvalue weighted by Crippen LogP contribution is 2.33. The van der Waals surface area contributed by atoms with Crippen molar-refractivity contribution < 1.29 is 33.8 Å². The minimum absolute atomic E-state index is 0.00620. The standard InChI is InChI=1S/C42H46N9O7P/c1-2-3-13-38-43-24-33(51(38)26-29-16-20-32(21-17-29)34-11-7-8-12-35(34)40-47-49-50-48-40)25-44-41(54)37(23-39(52)53)46-42(55)36(45-27-59(56,57)58)22-28-14-18-31(19-15-28)30-9-5-4-6-10-30/h4-12,14-21,24,36-37,45H,2-3,13,22-23,25-27H2,1H3,(H,44,54)(H,46,55)(H,52,53)(H2,56,57,58)(H,47,48,49,50)/t36-,37-/m0/s1. The summed E-state index contributed by atoms with van der Waals surface area (Å²) in [5.74, 6) is -1.54. The fourth-order valence-corrected chi connectivity index (χ4v) is 7.10. The lowest BCUT2D eigenvalue weighted by Gasteiger charge is -2.23. The Morgan fingerprint density at radius 2 is 1.47 bits per heavy atom. The van der Waals surface area contributed by atoms with Crippen LogP contribution in [0.1, 0.15) is 48.8 Å². The van der Waals surface area contributed by atoms with Crippen LogP contribution in [-0.4, -0.2) is 81.2 Å². The van der Waals surface area contributed by atoms with Crippen LogP contribution in [-0.2, 0) is 44.9 Å². The maximum atomic E-state index is 13.7. The highest BCUT2D eigenvalue weighted by molar-refractivity contribution is 7.51. The second-order valence-corrected chi connectivity index (χ2v) is 15.7. The summed E-state index contributed by atoms with van der Waals surface area (Å²) in [6.07, 6.45) is 2.71. The Kier molecular flexibility index (Phi) is 14.3. The predicted molar refractivity (Wildman–Crippen MR) is 220 cm³/mol. The van der Waals surface area contributed by atoms with Gasteiger partial charge in [-0.25, -0.2) is 4.98 Å². The van der Waals surface area contributed by atoms with E-state index in [2.05, 4.69) is 48.5 Å². The van der Waals surface area contributed by atoms with Gasteiger partial charge in [0.2, 0.25) is 17.6 Å². The number of hydrogen-bond acceptors (Lipinski definition) is 9. The number of nitrogens with one attached hydrogen (secondary N) is 4. The average Bonchev–Trinajstić information content (AvgIpc) is 3.91. The number of tetrazole rings is 1. The Labute approximate surface area is 340 Å². The van der Waals surface area contributed by atoms with E-state index in [4.69, 9.17) is 0 Å². The first-order valence-corrected chi connectivity index (χ1v) is 20.9. The number of carbonyl (C=O) groups is 3. The molecule has 0 saturated carbocycles. The fourth-order valence-electron chi connectivity index (χ4n) is 6.64. The van der Waals surface area contributed by atoms with Crippen LogP contribution in [0.3, 0.4) is 0 Å². The molecule has 59 heavy (non-hydrogen) atoms. The molecule has 2 heterocycles. The van der Waals surface area contributed by atoms with Crippen molar-refractivity contribution >= 4 is 25.4 Å². The topological polar surface area (TPSA) is 237 Å². The molecule has 6 aromatic rings. The number of aromatic nitrogens is 6. The van der Waals surface area contributed by atoms with Crippen LogP contribution in [0.4, 0.5) is 0 Å². The zero-order valence-electron chi connectivity index (χ0n) is 32.4. The van der Waals surface area contributed by atoms with Crippen LogP contribution in [0.5, 0.6) is 0 Å². The molecule has 17 heteroatoms. The zero-order valence-corrected chi connectivity index (χ0v) is 33.3. The molecule has 0 saturated heterocycles. The van der Waals surface area contributed by atoms with Gasteiger partial charge in [0, 0.05) is 18.5 Å². The highest BCUT2D eigenvalue weighted by Gasteiger charge is 2.29. The quantitative estimate of drug-likeness (QED) is 0.0519. The van der Waals surface area contributed by atoms with E-state index in [9.17, 15) is 33.8 Å². The number of carboxylic acid groups (broad SMARTS) is 1. The highest BCUT2D eigenvalue weighted by atomic mass is 31.2. The number of imidazole rings is 1.